The van der Waals surface area contributed by atoms with Crippen molar-refractivity contribution in [3.63, 3.8) is 0 Å². The van der Waals surface area contributed by atoms with Gasteiger partial charge in [-0.25, -0.2) is 0 Å². The summed E-state index contributed by atoms with van der Waals surface area (Å²) in [6, 6.07) is 7.48. The molecule has 29 heteroatoms. The third-order valence-electron chi connectivity index (χ3n) is 17.6. The lowest BCUT2D eigenvalue weighted by atomic mass is 9.98. The number of piperidine rings is 1. The first kappa shape index (κ1) is 69.6. The van der Waals surface area contributed by atoms with Crippen molar-refractivity contribution in [2.75, 3.05) is 57.3 Å². The SMILES string of the molecule is C[C@@H](O)[C@@H]1NC(=O)C(NC(=O)c2ccc(-c3nnc(-c4ccc(N5CCC(OC6C=CCCC6)CC5)cc4)s3)cc2)C[C@@H](O)CNC(=O)[C@@H]2[C@@H](O)[C@@H](C)CN2C(=O)[C@H]([C@H](O)CCN)NC(=O)[C@H]([C@H](O)Cc2ccc(O)c(OCCCN)c2)NC(=O)[C@@H]2C[C@@H](O)CN2C1=O. The molecule has 5 heterocycles. The normalized spacial score (nSPS) is 27.4. The van der Waals surface area contributed by atoms with Crippen LogP contribution < -0.4 is 47.7 Å². The van der Waals surface area contributed by atoms with Crippen molar-refractivity contribution in [3.8, 4) is 32.6 Å². The Morgan fingerprint density at radius 3 is 2.09 bits per heavy atom. The number of β-amino-alcohol motifs (C(OH)–C–C–N with tert-alkyl or cyclic N) is 1. The lowest BCUT2D eigenvalue weighted by Gasteiger charge is -2.35. The molecule has 5 aliphatic rings. The van der Waals surface area contributed by atoms with Gasteiger partial charge in [0.25, 0.3) is 5.91 Å². The fourth-order valence-electron chi connectivity index (χ4n) is 12.4. The molecule has 93 heavy (non-hydrogen) atoms. The summed E-state index contributed by atoms with van der Waals surface area (Å²) in [6.45, 7) is 3.18. The summed E-state index contributed by atoms with van der Waals surface area (Å²) in [5.74, 6) is -8.56. The molecule has 28 nitrogen and oxygen atoms in total. The number of rotatable bonds is 18. The monoisotopic (exact) mass is 1310 g/mol. The molecule has 2 unspecified atom stereocenters. The molecule has 7 amide bonds. The van der Waals surface area contributed by atoms with Crippen molar-refractivity contribution in [1.29, 1.82) is 0 Å². The average molecular weight is 1310 g/mol. The van der Waals surface area contributed by atoms with E-state index in [2.05, 4.69) is 66.0 Å². The van der Waals surface area contributed by atoms with Gasteiger partial charge in [0, 0.05) is 80.3 Å². The number of carbonyl (C=O) groups excluding carboxylic acids is 7. The average Bonchev–Trinajstić information content (AvgIpc) is 1.70. The minimum atomic E-state index is -2.04. The lowest BCUT2D eigenvalue weighted by molar-refractivity contribution is -0.147. The Labute approximate surface area is 542 Å². The number of nitrogens with one attached hydrogen (secondary N) is 5. The number of anilines is 1. The highest BCUT2D eigenvalue weighted by molar-refractivity contribution is 7.17. The zero-order chi connectivity index (χ0) is 66.6. The second-order valence-corrected chi connectivity index (χ2v) is 25.6. The largest absolute Gasteiger partial charge is 0.504 e. The molecule has 9 rings (SSSR count). The Bertz CT molecular complexity index is 3280. The van der Waals surface area contributed by atoms with Gasteiger partial charge in [0.15, 0.2) is 11.5 Å². The molecule has 0 radical (unpaired) electrons. The number of aromatic hydroxyl groups is 1. The Balaban J connectivity index is 0.948. The number of benzene rings is 3. The van der Waals surface area contributed by atoms with Crippen LogP contribution in [0.2, 0.25) is 0 Å². The van der Waals surface area contributed by atoms with Crippen LogP contribution in [0.5, 0.6) is 11.5 Å². The molecule has 3 aromatic carbocycles. The number of allylic oxidation sites excluding steroid dienone is 1. The fourth-order valence-corrected chi connectivity index (χ4v) is 13.2. The lowest BCUT2D eigenvalue weighted by Crippen LogP contribution is -2.64. The number of nitrogens with two attached hydrogens (primary N) is 2. The van der Waals surface area contributed by atoms with Gasteiger partial charge in [-0.3, -0.25) is 33.6 Å². The van der Waals surface area contributed by atoms with E-state index in [0.29, 0.717) is 22.0 Å². The smallest absolute Gasteiger partial charge is 0.251 e. The summed E-state index contributed by atoms with van der Waals surface area (Å²) in [4.78, 5) is 106. The van der Waals surface area contributed by atoms with Gasteiger partial charge in [-0.05, 0) is 119 Å². The van der Waals surface area contributed by atoms with Crippen LogP contribution in [-0.2, 0) is 39.9 Å². The van der Waals surface area contributed by atoms with Gasteiger partial charge in [0.1, 0.15) is 46.3 Å². The zero-order valence-electron chi connectivity index (χ0n) is 52.0. The number of hydrogen-bond donors (Lipinski definition) is 14. The number of aliphatic hydroxyl groups excluding tert-OH is 6. The summed E-state index contributed by atoms with van der Waals surface area (Å²) in [6.07, 6.45) is -1.35. The number of hydrogen-bond acceptors (Lipinski definition) is 22. The second kappa shape index (κ2) is 31.9. The molecule has 4 aromatic rings. The molecule has 0 saturated carbocycles. The number of nitrogens with zero attached hydrogens (tertiary/aromatic N) is 5. The van der Waals surface area contributed by atoms with E-state index in [1.807, 2.05) is 12.1 Å². The predicted molar refractivity (Wildman–Crippen MR) is 340 cm³/mol. The molecule has 4 saturated heterocycles. The molecular weight excluding hydrogens is 1220 g/mol. The van der Waals surface area contributed by atoms with Gasteiger partial charge in [-0.2, -0.15) is 0 Å². The summed E-state index contributed by atoms with van der Waals surface area (Å²) >= 11 is 1.34. The van der Waals surface area contributed by atoms with Crippen LogP contribution in [0, 0.1) is 5.92 Å². The summed E-state index contributed by atoms with van der Waals surface area (Å²) in [5.41, 5.74) is 14.3. The topological polar surface area (TPSA) is 427 Å². The molecule has 504 valence electrons. The molecule has 0 bridgehead atoms. The van der Waals surface area contributed by atoms with Crippen LogP contribution in [0.1, 0.15) is 87.6 Å². The first-order valence-electron chi connectivity index (χ1n) is 31.8. The highest BCUT2D eigenvalue weighted by Gasteiger charge is 2.50. The number of aromatic nitrogens is 2. The van der Waals surface area contributed by atoms with E-state index in [0.717, 1.165) is 73.2 Å². The van der Waals surface area contributed by atoms with E-state index in [1.54, 1.807) is 12.1 Å². The molecule has 14 atom stereocenters. The van der Waals surface area contributed by atoms with E-state index in [1.165, 1.54) is 48.6 Å². The van der Waals surface area contributed by atoms with Crippen LogP contribution in [0.4, 0.5) is 5.69 Å². The zero-order valence-corrected chi connectivity index (χ0v) is 52.8. The fraction of sp³-hybridized carbons (Fsp3) is 0.547. The van der Waals surface area contributed by atoms with Gasteiger partial charge < -0.3 is 98.0 Å². The highest BCUT2D eigenvalue weighted by atomic mass is 32.1. The van der Waals surface area contributed by atoms with E-state index in [-0.39, 0.29) is 67.5 Å². The van der Waals surface area contributed by atoms with Crippen molar-refractivity contribution in [1.82, 2.24) is 46.6 Å². The number of amides is 7. The minimum absolute atomic E-state index is 0.00485. The van der Waals surface area contributed by atoms with Crippen molar-refractivity contribution in [2.24, 2.45) is 17.4 Å². The van der Waals surface area contributed by atoms with Crippen LogP contribution in [0.25, 0.3) is 21.1 Å². The third kappa shape index (κ3) is 17.4. The molecular formula is C64H86N12O16S. The second-order valence-electron chi connectivity index (χ2n) is 24.6. The molecule has 0 spiro atoms. The van der Waals surface area contributed by atoms with Crippen molar-refractivity contribution >= 4 is 58.4 Å². The molecule has 16 N–H and O–H groups in total. The van der Waals surface area contributed by atoms with Gasteiger partial charge >= 0.3 is 0 Å². The first-order chi connectivity index (χ1) is 44.6. The van der Waals surface area contributed by atoms with Gasteiger partial charge in [-0.15, -0.1) is 10.2 Å². The van der Waals surface area contributed by atoms with Crippen molar-refractivity contribution < 1.29 is 78.8 Å². The van der Waals surface area contributed by atoms with Gasteiger partial charge in [0.05, 0.1) is 55.4 Å². The van der Waals surface area contributed by atoms with E-state index in [9.17, 15) is 69.3 Å². The molecule has 1 aromatic heterocycles. The maximum Gasteiger partial charge on any atom is 0.251 e. The standard InChI is InChI=1S/C64H86N12O16S/c1-34-32-76-54(55(34)83)60(88)67-31-41(78)29-45(68-56(84)37-10-12-38(13-11-37)61-72-73-62(93-61)39-14-16-40(17-15-39)74-24-20-44(21-25-74)92-43-7-4-3-5-8-43)57(85)69-51(35(2)77)63(89)75-33-42(79)30-46(75)58(86)70-52(59(87)71-53(64(76)90)48(81)19-23-66)49(82)27-36-9-18-47(80)50(28-36)91-26-6-22-65/h4,7,9-18,28,34-35,41-46,48-49,51-55,77-83H,3,5-6,8,19-27,29-33,65-66H2,1-2H3,(H,67,88)(H,68,84)(H,69,85)(H,70,86)(H,71,87)/t34-,35+,41+,42+,43?,45?,46-,48+,49+,51-,52-,53-,54-,55-/m0/s1. The Morgan fingerprint density at radius 1 is 0.763 bits per heavy atom. The number of fused-ring (bicyclic) bond motifs is 2. The number of ether oxygens (including phenoxy) is 2. The van der Waals surface area contributed by atoms with Crippen molar-refractivity contribution in [2.45, 2.75) is 163 Å². The Hall–Kier alpha value is -7.71. The van der Waals surface area contributed by atoms with E-state index in [4.69, 9.17) is 20.9 Å². The van der Waals surface area contributed by atoms with Gasteiger partial charge in [-0.1, -0.05) is 48.6 Å². The van der Waals surface area contributed by atoms with Crippen LogP contribution in [0.3, 0.4) is 0 Å². The third-order valence-corrected chi connectivity index (χ3v) is 18.6. The highest BCUT2D eigenvalue weighted by Crippen LogP contribution is 2.34. The summed E-state index contributed by atoms with van der Waals surface area (Å²) < 4.78 is 12.0. The van der Waals surface area contributed by atoms with Crippen LogP contribution in [-0.4, -0.2) is 235 Å². The Kier molecular flexibility index (Phi) is 23.9. The minimum Gasteiger partial charge on any atom is -0.504 e. The predicted octanol–water partition coefficient (Wildman–Crippen LogP) is -1.30. The van der Waals surface area contributed by atoms with Crippen LogP contribution >= 0.6 is 11.3 Å². The first-order valence-corrected chi connectivity index (χ1v) is 32.6. The maximum absolute atomic E-state index is 14.7. The summed E-state index contributed by atoms with van der Waals surface area (Å²) in [5, 5.41) is 102. The summed E-state index contributed by atoms with van der Waals surface area (Å²) in [7, 11) is 0. The molecule has 4 fully saturated rings. The Morgan fingerprint density at radius 2 is 1.43 bits per heavy atom. The quantitative estimate of drug-likeness (QED) is 0.0406. The number of phenolic OH excluding ortho intramolecular Hbond substituents is 1. The van der Waals surface area contributed by atoms with Crippen LogP contribution in [0.15, 0.2) is 78.9 Å². The maximum atomic E-state index is 14.7. The number of phenols is 1. The molecule has 4 aliphatic heterocycles. The van der Waals surface area contributed by atoms with E-state index >= 15 is 0 Å². The molecule has 1 aliphatic carbocycles. The van der Waals surface area contributed by atoms with Crippen molar-refractivity contribution in [3.05, 3.63) is 90.0 Å². The number of carbonyl (C=O) groups is 7. The van der Waals surface area contributed by atoms with Gasteiger partial charge in [0.2, 0.25) is 35.4 Å². The number of aliphatic hydroxyl groups is 6. The van der Waals surface area contributed by atoms with E-state index < -0.39 is 152 Å².